The van der Waals surface area contributed by atoms with Crippen molar-refractivity contribution in [1.82, 2.24) is 4.98 Å². The second-order valence-electron chi connectivity index (χ2n) is 3.65. The second kappa shape index (κ2) is 5.10. The first-order valence-corrected chi connectivity index (χ1v) is 5.93. The third kappa shape index (κ3) is 2.71. The van der Waals surface area contributed by atoms with E-state index >= 15 is 0 Å². The zero-order chi connectivity index (χ0) is 12.3. The van der Waals surface area contributed by atoms with Crippen molar-refractivity contribution in [2.24, 2.45) is 5.73 Å². The molecule has 0 aliphatic heterocycles. The van der Waals surface area contributed by atoms with Gasteiger partial charge in [-0.2, -0.15) is 0 Å². The van der Waals surface area contributed by atoms with Crippen molar-refractivity contribution in [3.05, 3.63) is 64.4 Å². The van der Waals surface area contributed by atoms with Crippen LogP contribution in [0.3, 0.4) is 0 Å². The number of hydrogen-bond acceptors (Lipinski definition) is 2. The van der Waals surface area contributed by atoms with Gasteiger partial charge >= 0.3 is 0 Å². The van der Waals surface area contributed by atoms with Gasteiger partial charge in [-0.05, 0) is 33.6 Å². The first-order valence-electron chi connectivity index (χ1n) is 5.14. The molecule has 0 aliphatic rings. The lowest BCUT2D eigenvalue weighted by molar-refractivity contribution is -0.118. The number of hydrogen-bond donors (Lipinski definition) is 1. The molecule has 4 heteroatoms. The molecule has 1 amide bonds. The number of benzene rings is 1. The molecule has 0 bridgehead atoms. The van der Waals surface area contributed by atoms with Gasteiger partial charge in [0.05, 0.1) is 5.69 Å². The normalized spacial score (nSPS) is 12.1. The maximum absolute atomic E-state index is 11.6. The van der Waals surface area contributed by atoms with Gasteiger partial charge in [0.15, 0.2) is 0 Å². The molecule has 1 unspecified atom stereocenters. The number of carbonyl (C=O) groups excluding carboxylic acids is 1. The molecular formula is C13H11BrN2O. The van der Waals surface area contributed by atoms with Crippen LogP contribution in [0.1, 0.15) is 17.2 Å². The van der Waals surface area contributed by atoms with E-state index in [1.54, 1.807) is 12.3 Å². The maximum atomic E-state index is 11.6. The van der Waals surface area contributed by atoms with Gasteiger partial charge in [0.1, 0.15) is 5.92 Å². The van der Waals surface area contributed by atoms with E-state index in [-0.39, 0.29) is 0 Å². The third-order valence-electron chi connectivity index (χ3n) is 2.46. The molecule has 2 rings (SSSR count). The molecule has 1 heterocycles. The van der Waals surface area contributed by atoms with Gasteiger partial charge < -0.3 is 5.73 Å². The lowest BCUT2D eigenvalue weighted by atomic mass is 9.95. The van der Waals surface area contributed by atoms with Crippen molar-refractivity contribution in [2.45, 2.75) is 5.92 Å². The first kappa shape index (κ1) is 11.8. The van der Waals surface area contributed by atoms with Gasteiger partial charge in [0.2, 0.25) is 5.91 Å². The molecule has 86 valence electrons. The number of nitrogens with zero attached hydrogens (tertiary/aromatic N) is 1. The second-order valence-corrected chi connectivity index (χ2v) is 4.56. The Bertz CT molecular complexity index is 511. The quantitative estimate of drug-likeness (QED) is 0.944. The molecule has 0 radical (unpaired) electrons. The Kier molecular flexibility index (Phi) is 3.54. The fraction of sp³-hybridized carbons (Fsp3) is 0.0769. The Labute approximate surface area is 108 Å². The standard InChI is InChI=1S/C13H11BrN2O/c14-10-6-7-11(16-8-10)12(13(15)17)9-4-2-1-3-5-9/h1-8,12H,(H2,15,17). The molecule has 0 aliphatic carbocycles. The number of pyridine rings is 1. The van der Waals surface area contributed by atoms with Crippen LogP contribution in [0.4, 0.5) is 0 Å². The van der Waals surface area contributed by atoms with E-state index in [0.29, 0.717) is 5.69 Å². The number of carbonyl (C=O) groups is 1. The summed E-state index contributed by atoms with van der Waals surface area (Å²) < 4.78 is 0.873. The van der Waals surface area contributed by atoms with E-state index in [9.17, 15) is 4.79 Å². The molecule has 1 atom stereocenters. The minimum atomic E-state index is -0.496. The van der Waals surface area contributed by atoms with Crippen LogP contribution in [0.25, 0.3) is 0 Å². The highest BCUT2D eigenvalue weighted by Gasteiger charge is 2.20. The molecule has 1 aromatic heterocycles. The number of halogens is 1. The van der Waals surface area contributed by atoms with Gasteiger partial charge in [-0.15, -0.1) is 0 Å². The van der Waals surface area contributed by atoms with Crippen molar-refractivity contribution < 1.29 is 4.79 Å². The van der Waals surface area contributed by atoms with Crippen LogP contribution >= 0.6 is 15.9 Å². The van der Waals surface area contributed by atoms with Gasteiger partial charge in [0.25, 0.3) is 0 Å². The van der Waals surface area contributed by atoms with E-state index in [1.807, 2.05) is 36.4 Å². The molecule has 0 saturated heterocycles. The maximum Gasteiger partial charge on any atom is 0.231 e. The molecule has 17 heavy (non-hydrogen) atoms. The van der Waals surface area contributed by atoms with Crippen molar-refractivity contribution >= 4 is 21.8 Å². The van der Waals surface area contributed by atoms with Crippen molar-refractivity contribution in [2.75, 3.05) is 0 Å². The lowest BCUT2D eigenvalue weighted by Gasteiger charge is -2.13. The van der Waals surface area contributed by atoms with E-state index in [4.69, 9.17) is 5.73 Å². The fourth-order valence-corrected chi connectivity index (χ4v) is 1.92. The highest BCUT2D eigenvalue weighted by Crippen LogP contribution is 2.23. The summed E-state index contributed by atoms with van der Waals surface area (Å²) in [5, 5.41) is 0. The zero-order valence-electron chi connectivity index (χ0n) is 9.01. The van der Waals surface area contributed by atoms with E-state index in [0.717, 1.165) is 10.0 Å². The van der Waals surface area contributed by atoms with Crippen LogP contribution < -0.4 is 5.73 Å². The SMILES string of the molecule is NC(=O)C(c1ccccc1)c1ccc(Br)cn1. The molecule has 1 aromatic carbocycles. The third-order valence-corrected chi connectivity index (χ3v) is 2.93. The molecular weight excluding hydrogens is 280 g/mol. The molecule has 3 nitrogen and oxygen atoms in total. The highest BCUT2D eigenvalue weighted by atomic mass is 79.9. The average Bonchev–Trinajstić information content (AvgIpc) is 2.33. The number of rotatable bonds is 3. The Balaban J connectivity index is 2.43. The molecule has 0 fully saturated rings. The van der Waals surface area contributed by atoms with Crippen LogP contribution in [0, 0.1) is 0 Å². The largest absolute Gasteiger partial charge is 0.369 e. The van der Waals surface area contributed by atoms with Gasteiger partial charge in [-0.3, -0.25) is 9.78 Å². The fourth-order valence-electron chi connectivity index (χ4n) is 1.68. The topological polar surface area (TPSA) is 56.0 Å². The predicted octanol–water partition coefficient (Wildman–Crippen LogP) is 2.46. The van der Waals surface area contributed by atoms with Crippen molar-refractivity contribution in [3.8, 4) is 0 Å². The van der Waals surface area contributed by atoms with E-state index in [1.165, 1.54) is 0 Å². The molecule has 2 aromatic rings. The van der Waals surface area contributed by atoms with Gasteiger partial charge in [0, 0.05) is 10.7 Å². The monoisotopic (exact) mass is 290 g/mol. The van der Waals surface area contributed by atoms with Crippen LogP contribution in [0.2, 0.25) is 0 Å². The summed E-state index contributed by atoms with van der Waals surface area (Å²) in [4.78, 5) is 15.8. The van der Waals surface area contributed by atoms with Crippen LogP contribution in [0.15, 0.2) is 53.1 Å². The minimum Gasteiger partial charge on any atom is -0.369 e. The highest BCUT2D eigenvalue weighted by molar-refractivity contribution is 9.10. The van der Waals surface area contributed by atoms with Gasteiger partial charge in [-0.1, -0.05) is 30.3 Å². The van der Waals surface area contributed by atoms with Crippen LogP contribution in [-0.2, 0) is 4.79 Å². The summed E-state index contributed by atoms with van der Waals surface area (Å²) in [6, 6.07) is 13.1. The molecule has 2 N–H and O–H groups in total. The number of nitrogens with two attached hydrogens (primary N) is 1. The molecule has 0 spiro atoms. The van der Waals surface area contributed by atoms with E-state index < -0.39 is 11.8 Å². The number of aromatic nitrogens is 1. The summed E-state index contributed by atoms with van der Waals surface area (Å²) in [5.41, 5.74) is 6.96. The smallest absolute Gasteiger partial charge is 0.231 e. The summed E-state index contributed by atoms with van der Waals surface area (Å²) in [6.07, 6.45) is 1.66. The van der Waals surface area contributed by atoms with E-state index in [2.05, 4.69) is 20.9 Å². The number of amides is 1. The molecule has 0 saturated carbocycles. The Hall–Kier alpha value is -1.68. The predicted molar refractivity (Wildman–Crippen MR) is 69.4 cm³/mol. The van der Waals surface area contributed by atoms with Crippen LogP contribution in [-0.4, -0.2) is 10.9 Å². The van der Waals surface area contributed by atoms with Gasteiger partial charge in [-0.25, -0.2) is 0 Å². The Morgan fingerprint density at radius 1 is 1.18 bits per heavy atom. The van der Waals surface area contributed by atoms with Crippen molar-refractivity contribution in [3.63, 3.8) is 0 Å². The van der Waals surface area contributed by atoms with Crippen LogP contribution in [0.5, 0.6) is 0 Å². The summed E-state index contributed by atoms with van der Waals surface area (Å²) in [7, 11) is 0. The summed E-state index contributed by atoms with van der Waals surface area (Å²) >= 11 is 3.31. The zero-order valence-corrected chi connectivity index (χ0v) is 10.6. The summed E-state index contributed by atoms with van der Waals surface area (Å²) in [6.45, 7) is 0. The Morgan fingerprint density at radius 2 is 1.88 bits per heavy atom. The Morgan fingerprint density at radius 3 is 2.41 bits per heavy atom. The summed E-state index contributed by atoms with van der Waals surface area (Å²) in [5.74, 6) is -0.893. The van der Waals surface area contributed by atoms with Crippen molar-refractivity contribution in [1.29, 1.82) is 0 Å². The lowest BCUT2D eigenvalue weighted by Crippen LogP contribution is -2.23. The number of primary amides is 1. The minimum absolute atomic E-state index is 0.397. The average molecular weight is 291 g/mol. The first-order chi connectivity index (χ1) is 8.18.